The molecule has 2 rings (SSSR count). The van der Waals surface area contributed by atoms with Gasteiger partial charge in [-0.2, -0.15) is 0 Å². The number of rotatable bonds is 5. The lowest BCUT2D eigenvalue weighted by Crippen LogP contribution is -2.55. The molecule has 1 amide bonds. The van der Waals surface area contributed by atoms with Gasteiger partial charge in [0.2, 0.25) is 5.91 Å². The third-order valence-electron chi connectivity index (χ3n) is 3.55. The van der Waals surface area contributed by atoms with Crippen LogP contribution in [-0.2, 0) is 4.79 Å². The molecule has 1 aliphatic heterocycles. The summed E-state index contributed by atoms with van der Waals surface area (Å²) in [4.78, 5) is 25.9. The zero-order valence-corrected chi connectivity index (χ0v) is 11.3. The van der Waals surface area contributed by atoms with Crippen molar-refractivity contribution in [3.63, 3.8) is 0 Å². The lowest BCUT2D eigenvalue weighted by molar-refractivity contribution is -0.129. The quantitative estimate of drug-likeness (QED) is 0.816. The average Bonchev–Trinajstić information content (AvgIpc) is 2.45. The molecule has 4 heteroatoms. The van der Waals surface area contributed by atoms with Crippen molar-refractivity contribution < 1.29 is 9.59 Å². The van der Waals surface area contributed by atoms with E-state index in [1.165, 1.54) is 0 Å². The molecule has 1 aromatic carbocycles. The van der Waals surface area contributed by atoms with Gasteiger partial charge in [-0.05, 0) is 6.42 Å². The van der Waals surface area contributed by atoms with E-state index >= 15 is 0 Å². The minimum absolute atomic E-state index is 0.0842. The molecular formula is C15H20N2O2. The highest BCUT2D eigenvalue weighted by molar-refractivity contribution is 5.96. The zero-order chi connectivity index (χ0) is 13.7. The Morgan fingerprint density at radius 2 is 2.11 bits per heavy atom. The summed E-state index contributed by atoms with van der Waals surface area (Å²) in [5, 5.41) is 2.87. The number of piperazine rings is 1. The maximum absolute atomic E-state index is 12.0. The average molecular weight is 260 g/mol. The van der Waals surface area contributed by atoms with Crippen LogP contribution in [0.25, 0.3) is 0 Å². The summed E-state index contributed by atoms with van der Waals surface area (Å²) < 4.78 is 0. The molecule has 4 nitrogen and oxygen atoms in total. The summed E-state index contributed by atoms with van der Waals surface area (Å²) in [5.41, 5.74) is 0.747. The van der Waals surface area contributed by atoms with Gasteiger partial charge in [-0.1, -0.05) is 37.3 Å². The Balaban J connectivity index is 1.91. The van der Waals surface area contributed by atoms with Crippen molar-refractivity contribution in [3.8, 4) is 0 Å². The molecule has 0 aliphatic carbocycles. The Kier molecular flexibility index (Phi) is 4.68. The van der Waals surface area contributed by atoms with Gasteiger partial charge in [0.05, 0.1) is 6.04 Å². The van der Waals surface area contributed by atoms with E-state index in [-0.39, 0.29) is 17.7 Å². The van der Waals surface area contributed by atoms with E-state index in [1.54, 1.807) is 0 Å². The molecular weight excluding hydrogens is 240 g/mol. The van der Waals surface area contributed by atoms with Crippen LogP contribution in [0.1, 0.15) is 30.1 Å². The van der Waals surface area contributed by atoms with Crippen molar-refractivity contribution in [2.24, 2.45) is 0 Å². The van der Waals surface area contributed by atoms with Gasteiger partial charge in [0.1, 0.15) is 0 Å². The maximum atomic E-state index is 12.0. The van der Waals surface area contributed by atoms with Gasteiger partial charge in [0.25, 0.3) is 0 Å². The Morgan fingerprint density at radius 3 is 2.79 bits per heavy atom. The van der Waals surface area contributed by atoms with Gasteiger partial charge in [-0.3, -0.25) is 14.5 Å². The number of benzene rings is 1. The first-order valence-electron chi connectivity index (χ1n) is 6.82. The molecule has 19 heavy (non-hydrogen) atoms. The van der Waals surface area contributed by atoms with Crippen molar-refractivity contribution in [1.82, 2.24) is 10.2 Å². The van der Waals surface area contributed by atoms with E-state index in [9.17, 15) is 9.59 Å². The minimum Gasteiger partial charge on any atom is -0.353 e. The highest BCUT2D eigenvalue weighted by atomic mass is 16.2. The zero-order valence-electron chi connectivity index (χ0n) is 11.3. The Bertz CT molecular complexity index is 445. The van der Waals surface area contributed by atoms with Crippen LogP contribution in [0.4, 0.5) is 0 Å². The van der Waals surface area contributed by atoms with Crippen LogP contribution in [0.5, 0.6) is 0 Å². The predicted octanol–water partition coefficient (Wildman–Crippen LogP) is 1.47. The van der Waals surface area contributed by atoms with Crippen molar-refractivity contribution in [2.75, 3.05) is 19.6 Å². The SMILES string of the molecule is CCC1C(=O)NCCN1CCC(=O)c1ccccc1. The Morgan fingerprint density at radius 1 is 1.37 bits per heavy atom. The van der Waals surface area contributed by atoms with Crippen LogP contribution < -0.4 is 5.32 Å². The van der Waals surface area contributed by atoms with Crippen molar-refractivity contribution in [2.45, 2.75) is 25.8 Å². The summed E-state index contributed by atoms with van der Waals surface area (Å²) in [5.74, 6) is 0.224. The number of hydrogen-bond acceptors (Lipinski definition) is 3. The Hall–Kier alpha value is -1.68. The van der Waals surface area contributed by atoms with Crippen LogP contribution in [-0.4, -0.2) is 42.3 Å². The molecule has 1 unspecified atom stereocenters. The molecule has 1 heterocycles. The number of carbonyl (C=O) groups excluding carboxylic acids is 2. The lowest BCUT2D eigenvalue weighted by Gasteiger charge is -2.34. The van der Waals surface area contributed by atoms with Crippen molar-refractivity contribution in [1.29, 1.82) is 0 Å². The van der Waals surface area contributed by atoms with Gasteiger partial charge < -0.3 is 5.32 Å². The fourth-order valence-electron chi connectivity index (χ4n) is 2.49. The summed E-state index contributed by atoms with van der Waals surface area (Å²) >= 11 is 0. The molecule has 0 spiro atoms. The minimum atomic E-state index is -0.0858. The topological polar surface area (TPSA) is 49.4 Å². The van der Waals surface area contributed by atoms with Gasteiger partial charge in [-0.25, -0.2) is 0 Å². The van der Waals surface area contributed by atoms with Gasteiger partial charge in [0, 0.05) is 31.6 Å². The first kappa shape index (κ1) is 13.7. The Labute approximate surface area is 113 Å². The van der Waals surface area contributed by atoms with E-state index in [0.717, 1.165) is 18.5 Å². The fraction of sp³-hybridized carbons (Fsp3) is 0.467. The van der Waals surface area contributed by atoms with Gasteiger partial charge in [0.15, 0.2) is 5.78 Å². The van der Waals surface area contributed by atoms with E-state index < -0.39 is 0 Å². The van der Waals surface area contributed by atoms with Crippen molar-refractivity contribution in [3.05, 3.63) is 35.9 Å². The summed E-state index contributed by atoms with van der Waals surface area (Å²) in [6.45, 7) is 4.16. The van der Waals surface area contributed by atoms with E-state index in [0.29, 0.717) is 19.5 Å². The fourth-order valence-corrected chi connectivity index (χ4v) is 2.49. The standard InChI is InChI=1S/C15H20N2O2/c1-2-13-15(19)16-9-11-17(13)10-8-14(18)12-6-4-3-5-7-12/h3-7,13H,2,8-11H2,1H3,(H,16,19). The van der Waals surface area contributed by atoms with Gasteiger partial charge in [-0.15, -0.1) is 0 Å². The molecule has 1 N–H and O–H groups in total. The summed E-state index contributed by atoms with van der Waals surface area (Å²) in [7, 11) is 0. The third kappa shape index (κ3) is 3.41. The van der Waals surface area contributed by atoms with Crippen LogP contribution in [0.15, 0.2) is 30.3 Å². The second-order valence-corrected chi connectivity index (χ2v) is 4.79. The number of hydrogen-bond donors (Lipinski definition) is 1. The first-order chi connectivity index (χ1) is 9.22. The van der Waals surface area contributed by atoms with E-state index in [2.05, 4.69) is 10.2 Å². The highest BCUT2D eigenvalue weighted by Crippen LogP contribution is 2.11. The van der Waals surface area contributed by atoms with E-state index in [1.807, 2.05) is 37.3 Å². The number of ketones is 1. The number of amides is 1. The smallest absolute Gasteiger partial charge is 0.237 e. The van der Waals surface area contributed by atoms with Crippen LogP contribution >= 0.6 is 0 Å². The van der Waals surface area contributed by atoms with Gasteiger partial charge >= 0.3 is 0 Å². The summed E-state index contributed by atoms with van der Waals surface area (Å²) in [6, 6.07) is 9.23. The first-order valence-corrected chi connectivity index (χ1v) is 6.82. The second-order valence-electron chi connectivity index (χ2n) is 4.79. The molecule has 102 valence electrons. The van der Waals surface area contributed by atoms with Crippen LogP contribution in [0, 0.1) is 0 Å². The molecule has 1 atom stereocenters. The second kappa shape index (κ2) is 6.48. The molecule has 0 saturated carbocycles. The number of carbonyl (C=O) groups is 2. The molecule has 0 aromatic heterocycles. The molecule has 1 aromatic rings. The largest absolute Gasteiger partial charge is 0.353 e. The number of Topliss-reactive ketones (excluding diaryl/α,β-unsaturated/α-hetero) is 1. The summed E-state index contributed by atoms with van der Waals surface area (Å²) in [6.07, 6.45) is 1.25. The lowest BCUT2D eigenvalue weighted by atomic mass is 10.1. The predicted molar refractivity (Wildman–Crippen MR) is 74.1 cm³/mol. The van der Waals surface area contributed by atoms with Crippen LogP contribution in [0.3, 0.4) is 0 Å². The molecule has 0 radical (unpaired) electrons. The number of nitrogens with one attached hydrogen (secondary N) is 1. The molecule has 1 saturated heterocycles. The monoisotopic (exact) mass is 260 g/mol. The maximum Gasteiger partial charge on any atom is 0.237 e. The molecule has 0 bridgehead atoms. The van der Waals surface area contributed by atoms with E-state index in [4.69, 9.17) is 0 Å². The molecule has 1 aliphatic rings. The normalized spacial score (nSPS) is 20.1. The van der Waals surface area contributed by atoms with Crippen molar-refractivity contribution >= 4 is 11.7 Å². The van der Waals surface area contributed by atoms with Crippen LogP contribution in [0.2, 0.25) is 0 Å². The molecule has 1 fully saturated rings. The highest BCUT2D eigenvalue weighted by Gasteiger charge is 2.27. The third-order valence-corrected chi connectivity index (χ3v) is 3.55. The number of nitrogens with zero attached hydrogens (tertiary/aromatic N) is 1.